The number of carbonyl (C=O) groups is 1. The number of carbonyl (C=O) groups excluding carboxylic acids is 1. The molecule has 0 spiro atoms. The van der Waals surface area contributed by atoms with E-state index in [9.17, 15) is 4.79 Å². The minimum Gasteiger partial charge on any atom is -0.298 e. The maximum absolute atomic E-state index is 11.4. The van der Waals surface area contributed by atoms with Crippen molar-refractivity contribution < 1.29 is 4.79 Å². The molecule has 100 valence electrons. The van der Waals surface area contributed by atoms with E-state index >= 15 is 0 Å². The van der Waals surface area contributed by atoms with Crippen molar-refractivity contribution in [3.05, 3.63) is 0 Å². The van der Waals surface area contributed by atoms with Crippen LogP contribution < -0.4 is 0 Å². The summed E-state index contributed by atoms with van der Waals surface area (Å²) in [5, 5.41) is 0. The molecule has 0 saturated carbocycles. The Hall–Kier alpha value is -0.370. The van der Waals surface area contributed by atoms with E-state index in [1.807, 2.05) is 0 Å². The van der Waals surface area contributed by atoms with E-state index in [4.69, 9.17) is 0 Å². The molecule has 0 aromatic heterocycles. The van der Waals surface area contributed by atoms with Crippen LogP contribution in [0.25, 0.3) is 0 Å². The fraction of sp³-hybridized carbons (Fsp3) is 0.933. The summed E-state index contributed by atoms with van der Waals surface area (Å²) < 4.78 is 0. The normalized spacial score (nSPS) is 21.3. The molecule has 2 heteroatoms. The van der Waals surface area contributed by atoms with E-state index in [1.54, 1.807) is 0 Å². The molecule has 1 aliphatic rings. The Kier molecular flexibility index (Phi) is 7.50. The molecule has 1 rings (SSSR count). The van der Waals surface area contributed by atoms with Crippen LogP contribution in [0.3, 0.4) is 0 Å². The zero-order valence-corrected chi connectivity index (χ0v) is 11.7. The van der Waals surface area contributed by atoms with Crippen molar-refractivity contribution >= 4 is 5.78 Å². The van der Waals surface area contributed by atoms with Crippen LogP contribution in [-0.2, 0) is 4.79 Å². The van der Waals surface area contributed by atoms with Gasteiger partial charge in [0.25, 0.3) is 0 Å². The lowest BCUT2D eigenvalue weighted by Crippen LogP contribution is -2.30. The lowest BCUT2D eigenvalue weighted by Gasteiger charge is -2.19. The Bertz CT molecular complexity index is 215. The molecule has 17 heavy (non-hydrogen) atoms. The van der Waals surface area contributed by atoms with Gasteiger partial charge in [-0.15, -0.1) is 0 Å². The maximum Gasteiger partial charge on any atom is 0.150 e. The van der Waals surface area contributed by atoms with Gasteiger partial charge in [-0.1, -0.05) is 51.9 Å². The Balaban J connectivity index is 1.89. The summed E-state index contributed by atoms with van der Waals surface area (Å²) >= 11 is 0. The van der Waals surface area contributed by atoms with E-state index in [2.05, 4.69) is 18.7 Å². The van der Waals surface area contributed by atoms with E-state index < -0.39 is 0 Å². The molecule has 0 aliphatic carbocycles. The highest BCUT2D eigenvalue weighted by atomic mass is 16.1. The van der Waals surface area contributed by atoms with Crippen molar-refractivity contribution in [3.63, 3.8) is 0 Å². The molecule has 0 bridgehead atoms. The smallest absolute Gasteiger partial charge is 0.150 e. The molecular formula is C15H29NO. The van der Waals surface area contributed by atoms with Gasteiger partial charge in [-0.05, 0) is 19.9 Å². The lowest BCUT2D eigenvalue weighted by molar-refractivity contribution is -0.119. The molecule has 1 heterocycles. The van der Waals surface area contributed by atoms with Crippen LogP contribution in [0.1, 0.15) is 71.6 Å². The number of hydrogen-bond acceptors (Lipinski definition) is 2. The number of likely N-dealkylation sites (tertiary alicyclic amines) is 1. The van der Waals surface area contributed by atoms with Crippen LogP contribution in [0, 0.1) is 0 Å². The summed E-state index contributed by atoms with van der Waals surface area (Å²) in [6.45, 7) is 6.44. The first-order valence-electron chi connectivity index (χ1n) is 7.52. The molecule has 1 fully saturated rings. The van der Waals surface area contributed by atoms with Gasteiger partial charge in [0.15, 0.2) is 5.78 Å². The van der Waals surface area contributed by atoms with Gasteiger partial charge >= 0.3 is 0 Å². The average Bonchev–Trinajstić information content (AvgIpc) is 2.64. The minimum absolute atomic E-state index is 0.194. The third-order valence-electron chi connectivity index (χ3n) is 3.96. The molecule has 0 N–H and O–H groups in total. The Morgan fingerprint density at radius 3 is 2.18 bits per heavy atom. The van der Waals surface area contributed by atoms with Crippen molar-refractivity contribution in [2.45, 2.75) is 77.7 Å². The predicted octanol–water partition coefficient (Wildman–Crippen LogP) is 3.79. The quantitative estimate of drug-likeness (QED) is 0.571. The molecular weight excluding hydrogens is 210 g/mol. The van der Waals surface area contributed by atoms with Crippen LogP contribution in [0.4, 0.5) is 0 Å². The number of ketones is 1. The van der Waals surface area contributed by atoms with Gasteiger partial charge < -0.3 is 0 Å². The summed E-state index contributed by atoms with van der Waals surface area (Å²) in [4.78, 5) is 13.7. The van der Waals surface area contributed by atoms with Gasteiger partial charge in [0.2, 0.25) is 0 Å². The van der Waals surface area contributed by atoms with Gasteiger partial charge in [0, 0.05) is 13.0 Å². The van der Waals surface area contributed by atoms with Crippen LogP contribution in [0.15, 0.2) is 0 Å². The average molecular weight is 239 g/mol. The third kappa shape index (κ3) is 5.67. The zero-order chi connectivity index (χ0) is 12.5. The highest BCUT2D eigenvalue weighted by Gasteiger charge is 2.27. The van der Waals surface area contributed by atoms with Crippen molar-refractivity contribution in [3.8, 4) is 0 Å². The Labute approximate surface area is 107 Å². The monoisotopic (exact) mass is 239 g/mol. The van der Waals surface area contributed by atoms with E-state index in [-0.39, 0.29) is 6.04 Å². The second-order valence-electron chi connectivity index (χ2n) is 5.40. The van der Waals surface area contributed by atoms with Crippen LogP contribution in [0.2, 0.25) is 0 Å². The molecule has 0 aromatic carbocycles. The van der Waals surface area contributed by atoms with Crippen molar-refractivity contribution in [1.82, 2.24) is 4.90 Å². The number of rotatable bonds is 9. The third-order valence-corrected chi connectivity index (χ3v) is 3.96. The topological polar surface area (TPSA) is 20.3 Å². The first-order chi connectivity index (χ1) is 8.25. The second kappa shape index (κ2) is 8.68. The zero-order valence-electron chi connectivity index (χ0n) is 11.7. The highest BCUT2D eigenvalue weighted by molar-refractivity contribution is 5.85. The molecule has 0 radical (unpaired) electrons. The molecule has 1 atom stereocenters. The second-order valence-corrected chi connectivity index (χ2v) is 5.40. The van der Waals surface area contributed by atoms with Gasteiger partial charge in [0.1, 0.15) is 0 Å². The van der Waals surface area contributed by atoms with Crippen molar-refractivity contribution in [1.29, 1.82) is 0 Å². The predicted molar refractivity (Wildman–Crippen MR) is 73.3 cm³/mol. The standard InChI is InChI=1S/C15H29NO/c1-3-4-5-6-7-8-9-10-12-16-13-11-15(17)14(16)2/h14H,3-13H2,1-2H3. The van der Waals surface area contributed by atoms with Gasteiger partial charge in [-0.25, -0.2) is 0 Å². The maximum atomic E-state index is 11.4. The lowest BCUT2D eigenvalue weighted by atomic mass is 10.1. The van der Waals surface area contributed by atoms with Crippen molar-refractivity contribution in [2.24, 2.45) is 0 Å². The Morgan fingerprint density at radius 1 is 1.06 bits per heavy atom. The van der Waals surface area contributed by atoms with Crippen LogP contribution >= 0.6 is 0 Å². The van der Waals surface area contributed by atoms with Crippen LogP contribution in [0.5, 0.6) is 0 Å². The first kappa shape index (κ1) is 14.7. The fourth-order valence-corrected chi connectivity index (χ4v) is 2.61. The summed E-state index contributed by atoms with van der Waals surface area (Å²) in [5.74, 6) is 0.435. The van der Waals surface area contributed by atoms with Crippen molar-refractivity contribution in [2.75, 3.05) is 13.1 Å². The SMILES string of the molecule is CCCCCCCCCCN1CCC(=O)C1C. The molecule has 1 unspecified atom stereocenters. The highest BCUT2D eigenvalue weighted by Crippen LogP contribution is 2.15. The number of nitrogens with zero attached hydrogens (tertiary/aromatic N) is 1. The number of unbranched alkanes of at least 4 members (excludes halogenated alkanes) is 7. The number of hydrogen-bond donors (Lipinski definition) is 0. The summed E-state index contributed by atoms with van der Waals surface area (Å²) in [6, 6.07) is 0.194. The molecule has 1 aliphatic heterocycles. The van der Waals surface area contributed by atoms with Gasteiger partial charge in [-0.3, -0.25) is 9.69 Å². The fourth-order valence-electron chi connectivity index (χ4n) is 2.61. The van der Waals surface area contributed by atoms with Gasteiger partial charge in [0.05, 0.1) is 6.04 Å². The van der Waals surface area contributed by atoms with E-state index in [0.717, 1.165) is 19.5 Å². The van der Waals surface area contributed by atoms with Gasteiger partial charge in [-0.2, -0.15) is 0 Å². The molecule has 1 saturated heterocycles. The summed E-state index contributed by atoms with van der Waals surface area (Å²) in [6.07, 6.45) is 11.7. The van der Waals surface area contributed by atoms with E-state index in [0.29, 0.717) is 5.78 Å². The first-order valence-corrected chi connectivity index (χ1v) is 7.52. The summed E-state index contributed by atoms with van der Waals surface area (Å²) in [5.41, 5.74) is 0. The van der Waals surface area contributed by atoms with Crippen LogP contribution in [-0.4, -0.2) is 29.8 Å². The summed E-state index contributed by atoms with van der Waals surface area (Å²) in [7, 11) is 0. The minimum atomic E-state index is 0.194. The largest absolute Gasteiger partial charge is 0.298 e. The van der Waals surface area contributed by atoms with E-state index in [1.165, 1.54) is 51.4 Å². The number of Topliss-reactive ketones (excluding diaryl/α,β-unsaturated/α-hetero) is 1. The Morgan fingerprint density at radius 2 is 1.65 bits per heavy atom. The molecule has 2 nitrogen and oxygen atoms in total. The molecule has 0 aromatic rings. The molecule has 0 amide bonds.